The maximum Gasteiger partial charge on any atom is 1.00 e. The van der Waals surface area contributed by atoms with Gasteiger partial charge in [0.25, 0.3) is 0 Å². The van der Waals surface area contributed by atoms with E-state index in [1.807, 2.05) is 0 Å². The first-order chi connectivity index (χ1) is 5.60. The van der Waals surface area contributed by atoms with Crippen LogP contribution >= 0.6 is 0 Å². The van der Waals surface area contributed by atoms with E-state index in [1.54, 1.807) is 0 Å². The van der Waals surface area contributed by atoms with Crippen LogP contribution in [-0.4, -0.2) is 28.7 Å². The van der Waals surface area contributed by atoms with E-state index in [0.29, 0.717) is 0 Å². The minimum Gasteiger partial charge on any atom is -0.769 e. The molecule has 0 heterocycles. The molecule has 3 atom stereocenters. The van der Waals surface area contributed by atoms with Gasteiger partial charge in [-0.15, -0.1) is 0 Å². The Morgan fingerprint density at radius 2 is 1.47 bits per heavy atom. The standard InChI is InChI=1S/C4H11NO4S4.2Na/c1-3(2-5)4(12(6,7)10)13(8,9)11;;/h3-4H,2,5H2,1H3,(H,6,7,10)(H,8,9,11);;/q;2*+1/p-2. The fraction of sp³-hybridized carbons (Fsp3) is 1.00. The molecular formula is C4H9NNa2O4S4. The van der Waals surface area contributed by atoms with Crippen LogP contribution in [0.5, 0.6) is 0 Å². The van der Waals surface area contributed by atoms with Gasteiger partial charge in [-0.2, -0.15) is 0 Å². The summed E-state index contributed by atoms with van der Waals surface area (Å²) in [6, 6.07) is 0. The first kappa shape index (κ1) is 22.8. The Hall–Kier alpha value is 2.62. The molecule has 0 bridgehead atoms. The predicted octanol–water partition coefficient (Wildman–Crippen LogP) is -7.33. The summed E-state index contributed by atoms with van der Waals surface area (Å²) in [5.41, 5.74) is 5.14. The quantitative estimate of drug-likeness (QED) is 0.514. The Labute approximate surface area is 144 Å². The van der Waals surface area contributed by atoms with E-state index in [-0.39, 0.29) is 65.7 Å². The molecule has 0 fully saturated rings. The van der Waals surface area contributed by atoms with Crippen molar-refractivity contribution < 1.29 is 76.6 Å². The summed E-state index contributed by atoms with van der Waals surface area (Å²) in [6.45, 7) is 1.27. The van der Waals surface area contributed by atoms with Crippen molar-refractivity contribution in [1.29, 1.82) is 0 Å². The maximum atomic E-state index is 10.9. The topological polar surface area (TPSA) is 106 Å². The predicted molar refractivity (Wildman–Crippen MR) is 54.6 cm³/mol. The van der Waals surface area contributed by atoms with E-state index < -0.39 is 28.0 Å². The average molecular weight is 309 g/mol. The molecule has 0 radical (unpaired) electrons. The monoisotopic (exact) mass is 309 g/mol. The normalized spacial score (nSPS) is 22.1. The average Bonchev–Trinajstić information content (AvgIpc) is 1.80. The molecule has 3 unspecified atom stereocenters. The Morgan fingerprint density at radius 1 is 1.20 bits per heavy atom. The summed E-state index contributed by atoms with van der Waals surface area (Å²) in [4.78, 5) is 0. The number of nitrogens with two attached hydrogens (primary N) is 1. The third-order valence-corrected chi connectivity index (χ3v) is 6.97. The van der Waals surface area contributed by atoms with Crippen molar-refractivity contribution in [3.05, 3.63) is 0 Å². The summed E-state index contributed by atoms with van der Waals surface area (Å²) >= 11 is 8.14. The smallest absolute Gasteiger partial charge is 0.769 e. The third kappa shape index (κ3) is 8.36. The van der Waals surface area contributed by atoms with Gasteiger partial charge in [-0.05, 0) is 52.4 Å². The fourth-order valence-corrected chi connectivity index (χ4v) is 6.79. The Morgan fingerprint density at radius 3 is 1.53 bits per heavy atom. The molecule has 11 heteroatoms. The van der Waals surface area contributed by atoms with Crippen LogP contribution in [-0.2, 0) is 39.9 Å². The van der Waals surface area contributed by atoms with Gasteiger partial charge in [-0.1, -0.05) is 6.92 Å². The Bertz CT molecular complexity index is 334. The number of hydrogen-bond donors (Lipinski definition) is 1. The third-order valence-electron chi connectivity index (χ3n) is 1.41. The van der Waals surface area contributed by atoms with Gasteiger partial charge in [0.2, 0.25) is 0 Å². The van der Waals surface area contributed by atoms with Gasteiger partial charge in [0.1, 0.15) is 0 Å². The van der Waals surface area contributed by atoms with Crippen LogP contribution in [0.25, 0.3) is 0 Å². The molecule has 0 amide bonds. The van der Waals surface area contributed by atoms with Gasteiger partial charge in [-0.3, -0.25) is 8.42 Å². The van der Waals surface area contributed by atoms with E-state index in [2.05, 4.69) is 22.4 Å². The van der Waals surface area contributed by atoms with Crippen molar-refractivity contribution in [2.24, 2.45) is 11.7 Å². The maximum absolute atomic E-state index is 10.9. The minimum absolute atomic E-state index is 0. The zero-order valence-corrected chi connectivity index (χ0v) is 16.0. The molecule has 2 N–H and O–H groups in total. The SMILES string of the molecule is CC(CN)C(S(=O)([O-])=S)S(=O)([O-])=S.[Na+].[Na+]. The molecule has 15 heavy (non-hydrogen) atoms. The summed E-state index contributed by atoms with van der Waals surface area (Å²) in [6.07, 6.45) is 0. The largest absolute Gasteiger partial charge is 1.00 e. The van der Waals surface area contributed by atoms with Crippen molar-refractivity contribution in [3.63, 3.8) is 0 Å². The zero-order valence-electron chi connectivity index (χ0n) is 8.71. The molecule has 0 saturated carbocycles. The van der Waals surface area contributed by atoms with E-state index in [9.17, 15) is 17.5 Å². The van der Waals surface area contributed by atoms with Crippen molar-refractivity contribution >= 4 is 39.9 Å². The molecule has 0 spiro atoms. The van der Waals surface area contributed by atoms with Crippen molar-refractivity contribution in [3.8, 4) is 0 Å². The molecule has 0 rings (SSSR count). The molecular weight excluding hydrogens is 300 g/mol. The first-order valence-electron chi connectivity index (χ1n) is 3.20. The summed E-state index contributed by atoms with van der Waals surface area (Å²) in [7, 11) is -8.25. The summed E-state index contributed by atoms with van der Waals surface area (Å²) in [5.74, 6) is -0.787. The van der Waals surface area contributed by atoms with Crippen molar-refractivity contribution in [2.45, 2.75) is 11.5 Å². The molecule has 0 aromatic rings. The van der Waals surface area contributed by atoms with E-state index in [1.165, 1.54) is 6.92 Å². The molecule has 0 saturated heterocycles. The fourth-order valence-electron chi connectivity index (χ4n) is 0.824. The molecule has 0 aliphatic heterocycles. The van der Waals surface area contributed by atoms with Gasteiger partial charge in [-0.25, -0.2) is 0 Å². The molecule has 0 aromatic heterocycles. The zero-order chi connectivity index (χ0) is 10.9. The molecule has 5 nitrogen and oxygen atoms in total. The second kappa shape index (κ2) is 8.68. The van der Waals surface area contributed by atoms with E-state index >= 15 is 0 Å². The van der Waals surface area contributed by atoms with E-state index in [4.69, 9.17) is 5.73 Å². The van der Waals surface area contributed by atoms with Gasteiger partial charge in [0.05, 0.1) is 4.58 Å². The van der Waals surface area contributed by atoms with Crippen LogP contribution < -0.4 is 64.8 Å². The van der Waals surface area contributed by atoms with Crippen LogP contribution in [0, 0.1) is 5.92 Å². The first-order valence-corrected chi connectivity index (χ1v) is 8.14. The minimum atomic E-state index is -4.12. The summed E-state index contributed by atoms with van der Waals surface area (Å²) in [5, 5.41) is 0. The van der Waals surface area contributed by atoms with Crippen LogP contribution in [0.4, 0.5) is 0 Å². The van der Waals surface area contributed by atoms with Crippen molar-refractivity contribution in [2.75, 3.05) is 6.54 Å². The van der Waals surface area contributed by atoms with Crippen LogP contribution in [0.1, 0.15) is 6.92 Å². The Kier molecular flexibility index (Phi) is 13.2. The second-order valence-corrected chi connectivity index (χ2v) is 8.64. The Balaban J connectivity index is -0.000000720. The van der Waals surface area contributed by atoms with Gasteiger partial charge in [0, 0.05) is 0 Å². The van der Waals surface area contributed by atoms with Gasteiger partial charge >= 0.3 is 59.1 Å². The van der Waals surface area contributed by atoms with Crippen molar-refractivity contribution in [1.82, 2.24) is 0 Å². The van der Waals surface area contributed by atoms with Crippen LogP contribution in [0.15, 0.2) is 0 Å². The van der Waals surface area contributed by atoms with Crippen LogP contribution in [0.2, 0.25) is 0 Å². The van der Waals surface area contributed by atoms with Crippen LogP contribution in [0.3, 0.4) is 0 Å². The molecule has 80 valence electrons. The molecule has 0 aliphatic rings. The van der Waals surface area contributed by atoms with Gasteiger partial charge < -0.3 is 14.8 Å². The number of rotatable bonds is 4. The van der Waals surface area contributed by atoms with Gasteiger partial charge in [0.15, 0.2) is 0 Å². The second-order valence-electron chi connectivity index (χ2n) is 2.57. The molecule has 0 aliphatic carbocycles. The number of hydrogen-bond acceptors (Lipinski definition) is 7. The summed E-state index contributed by atoms with van der Waals surface area (Å²) < 4.78 is 41.8. The van der Waals surface area contributed by atoms with E-state index in [0.717, 1.165) is 0 Å². The molecule has 0 aromatic carbocycles.